The van der Waals surface area contributed by atoms with Crippen LogP contribution in [-0.4, -0.2) is 18.1 Å². The van der Waals surface area contributed by atoms with Crippen LogP contribution in [0.15, 0.2) is 18.2 Å². The fourth-order valence-corrected chi connectivity index (χ4v) is 1.79. The zero-order valence-electron chi connectivity index (χ0n) is 13.5. The summed E-state index contributed by atoms with van der Waals surface area (Å²) in [4.78, 5) is 12.3. The predicted molar refractivity (Wildman–Crippen MR) is 83.1 cm³/mol. The Bertz CT molecular complexity index is 454. The maximum atomic E-state index is 12.3. The van der Waals surface area contributed by atoms with Crippen LogP contribution in [0.25, 0.3) is 0 Å². The summed E-state index contributed by atoms with van der Waals surface area (Å²) in [6.07, 6.45) is 0.223. The van der Waals surface area contributed by atoms with Crippen molar-refractivity contribution in [3.63, 3.8) is 0 Å². The number of nitrogens with one attached hydrogen (secondary N) is 1. The van der Waals surface area contributed by atoms with Crippen LogP contribution in [0, 0.1) is 19.8 Å². The average molecular weight is 277 g/mol. The van der Waals surface area contributed by atoms with Gasteiger partial charge in [0.2, 0.25) is 0 Å². The van der Waals surface area contributed by atoms with Gasteiger partial charge < -0.3 is 10.1 Å². The summed E-state index contributed by atoms with van der Waals surface area (Å²) >= 11 is 0. The first-order valence-electron chi connectivity index (χ1n) is 7.39. The highest BCUT2D eigenvalue weighted by Gasteiger charge is 2.21. The van der Waals surface area contributed by atoms with Crippen molar-refractivity contribution in [3.05, 3.63) is 29.3 Å². The third kappa shape index (κ3) is 4.55. The molecule has 1 rings (SSSR count). The zero-order chi connectivity index (χ0) is 15.3. The number of aryl methyl sites for hydroxylation is 2. The molecule has 0 aliphatic carbocycles. The Hall–Kier alpha value is -1.51. The lowest BCUT2D eigenvalue weighted by molar-refractivity contribution is -0.129. The first-order chi connectivity index (χ1) is 9.35. The minimum atomic E-state index is -0.434. The maximum Gasteiger partial charge on any atom is 0.261 e. The molecule has 0 bridgehead atoms. The second kappa shape index (κ2) is 7.32. The first-order valence-corrected chi connectivity index (χ1v) is 7.39. The number of amides is 1. The van der Waals surface area contributed by atoms with Crippen molar-refractivity contribution >= 4 is 5.91 Å². The molecule has 1 aromatic carbocycles. The van der Waals surface area contributed by atoms with Crippen molar-refractivity contribution in [2.45, 2.75) is 60.1 Å². The Morgan fingerprint density at radius 1 is 1.25 bits per heavy atom. The predicted octanol–water partition coefficient (Wildman–Crippen LogP) is 3.62. The monoisotopic (exact) mass is 277 g/mol. The highest BCUT2D eigenvalue weighted by molar-refractivity contribution is 5.81. The van der Waals surface area contributed by atoms with Crippen molar-refractivity contribution in [2.75, 3.05) is 0 Å². The molecule has 0 aliphatic rings. The van der Waals surface area contributed by atoms with Gasteiger partial charge in [0.05, 0.1) is 0 Å². The van der Waals surface area contributed by atoms with Gasteiger partial charge in [0.15, 0.2) is 6.10 Å². The van der Waals surface area contributed by atoms with Gasteiger partial charge in [-0.2, -0.15) is 0 Å². The van der Waals surface area contributed by atoms with Crippen LogP contribution < -0.4 is 10.1 Å². The summed E-state index contributed by atoms with van der Waals surface area (Å²) in [5, 5.41) is 3.02. The standard InChI is InChI=1S/C17H27NO2/c1-7-15(17(19)18-14(6)11(2)3)20-16-10-12(4)8-9-13(16)5/h8-11,14-15H,7H2,1-6H3,(H,18,19)/t14-,15+/m0/s1. The molecule has 3 nitrogen and oxygen atoms in total. The van der Waals surface area contributed by atoms with Crippen molar-refractivity contribution in [1.82, 2.24) is 5.32 Å². The summed E-state index contributed by atoms with van der Waals surface area (Å²) in [6.45, 7) is 12.2. The molecule has 0 saturated carbocycles. The molecule has 0 radical (unpaired) electrons. The van der Waals surface area contributed by atoms with E-state index in [4.69, 9.17) is 4.74 Å². The van der Waals surface area contributed by atoms with E-state index < -0.39 is 6.10 Å². The van der Waals surface area contributed by atoms with Crippen molar-refractivity contribution in [1.29, 1.82) is 0 Å². The molecule has 1 aromatic rings. The van der Waals surface area contributed by atoms with E-state index in [2.05, 4.69) is 19.2 Å². The second-order valence-electron chi connectivity index (χ2n) is 5.82. The smallest absolute Gasteiger partial charge is 0.261 e. The van der Waals surface area contributed by atoms with Crippen molar-refractivity contribution in [3.8, 4) is 5.75 Å². The molecular formula is C17H27NO2. The molecule has 3 heteroatoms. The van der Waals surface area contributed by atoms with E-state index >= 15 is 0 Å². The highest BCUT2D eigenvalue weighted by atomic mass is 16.5. The molecule has 1 amide bonds. The topological polar surface area (TPSA) is 38.3 Å². The van der Waals surface area contributed by atoms with E-state index in [1.165, 1.54) is 0 Å². The van der Waals surface area contributed by atoms with Crippen LogP contribution in [0.5, 0.6) is 5.75 Å². The summed E-state index contributed by atoms with van der Waals surface area (Å²) in [6, 6.07) is 6.20. The molecule has 20 heavy (non-hydrogen) atoms. The summed E-state index contributed by atoms with van der Waals surface area (Å²) in [5.41, 5.74) is 2.19. The quantitative estimate of drug-likeness (QED) is 0.862. The van der Waals surface area contributed by atoms with Gasteiger partial charge in [0.1, 0.15) is 5.75 Å². The molecule has 0 fully saturated rings. The summed E-state index contributed by atoms with van der Waals surface area (Å²) in [5.74, 6) is 1.18. The van der Waals surface area contributed by atoms with Gasteiger partial charge in [0, 0.05) is 6.04 Å². The average Bonchev–Trinajstić information content (AvgIpc) is 2.39. The third-order valence-electron chi connectivity index (χ3n) is 3.65. The molecule has 112 valence electrons. The Balaban J connectivity index is 2.76. The van der Waals surface area contributed by atoms with Gasteiger partial charge >= 0.3 is 0 Å². The molecule has 0 heterocycles. The number of ether oxygens (including phenoxy) is 1. The van der Waals surface area contributed by atoms with Gasteiger partial charge in [-0.05, 0) is 50.3 Å². The number of rotatable bonds is 6. The number of hydrogen-bond acceptors (Lipinski definition) is 2. The Morgan fingerprint density at radius 2 is 1.90 bits per heavy atom. The number of benzene rings is 1. The second-order valence-corrected chi connectivity index (χ2v) is 5.82. The molecule has 0 unspecified atom stereocenters. The fraction of sp³-hybridized carbons (Fsp3) is 0.588. The first kappa shape index (κ1) is 16.5. The SMILES string of the molecule is CC[C@@H](Oc1cc(C)ccc1C)C(=O)N[C@@H](C)C(C)C. The molecule has 0 aromatic heterocycles. The Kier molecular flexibility index (Phi) is 6.05. The summed E-state index contributed by atoms with van der Waals surface area (Å²) < 4.78 is 5.91. The van der Waals surface area contributed by atoms with Crippen LogP contribution in [0.1, 0.15) is 45.2 Å². The van der Waals surface area contributed by atoms with Crippen LogP contribution in [0.4, 0.5) is 0 Å². The minimum absolute atomic E-state index is 0.0328. The summed E-state index contributed by atoms with van der Waals surface area (Å²) in [7, 11) is 0. The maximum absolute atomic E-state index is 12.3. The fourth-order valence-electron chi connectivity index (χ4n) is 1.79. The highest BCUT2D eigenvalue weighted by Crippen LogP contribution is 2.21. The molecular weight excluding hydrogens is 250 g/mol. The van der Waals surface area contributed by atoms with Gasteiger partial charge in [-0.25, -0.2) is 0 Å². The van der Waals surface area contributed by atoms with Crippen LogP contribution in [0.2, 0.25) is 0 Å². The minimum Gasteiger partial charge on any atom is -0.480 e. The van der Waals surface area contributed by atoms with Crippen LogP contribution in [0.3, 0.4) is 0 Å². The molecule has 2 atom stereocenters. The van der Waals surface area contributed by atoms with Gasteiger partial charge in [0.25, 0.3) is 5.91 Å². The third-order valence-corrected chi connectivity index (χ3v) is 3.65. The lowest BCUT2D eigenvalue weighted by Crippen LogP contribution is -2.44. The molecule has 0 aliphatic heterocycles. The van der Waals surface area contributed by atoms with Gasteiger partial charge in [-0.15, -0.1) is 0 Å². The lowest BCUT2D eigenvalue weighted by Gasteiger charge is -2.23. The van der Waals surface area contributed by atoms with E-state index in [-0.39, 0.29) is 11.9 Å². The van der Waals surface area contributed by atoms with Crippen LogP contribution in [-0.2, 0) is 4.79 Å². The molecule has 1 N–H and O–H groups in total. The van der Waals surface area contributed by atoms with Gasteiger partial charge in [-0.1, -0.05) is 32.9 Å². The molecule has 0 spiro atoms. The number of carbonyl (C=O) groups is 1. The molecule has 0 saturated heterocycles. The van der Waals surface area contributed by atoms with Gasteiger partial charge in [-0.3, -0.25) is 4.79 Å². The lowest BCUT2D eigenvalue weighted by atomic mass is 10.1. The van der Waals surface area contributed by atoms with Crippen molar-refractivity contribution < 1.29 is 9.53 Å². The van der Waals surface area contributed by atoms with Crippen molar-refractivity contribution in [2.24, 2.45) is 5.92 Å². The normalized spacial score (nSPS) is 13.9. The Morgan fingerprint density at radius 3 is 2.45 bits per heavy atom. The van der Waals surface area contributed by atoms with E-state index in [1.807, 2.05) is 45.9 Å². The zero-order valence-corrected chi connectivity index (χ0v) is 13.5. The number of carbonyl (C=O) groups excluding carboxylic acids is 1. The van der Waals surface area contributed by atoms with Crippen LogP contribution >= 0.6 is 0 Å². The Labute approximate surface area is 122 Å². The van der Waals surface area contributed by atoms with E-state index in [9.17, 15) is 4.79 Å². The van der Waals surface area contributed by atoms with E-state index in [0.717, 1.165) is 16.9 Å². The van der Waals surface area contributed by atoms with E-state index in [0.29, 0.717) is 12.3 Å². The largest absolute Gasteiger partial charge is 0.480 e. The van der Waals surface area contributed by atoms with E-state index in [1.54, 1.807) is 0 Å². The number of hydrogen-bond donors (Lipinski definition) is 1.